The third-order valence-electron chi connectivity index (χ3n) is 3.36. The van der Waals surface area contributed by atoms with E-state index in [1.54, 1.807) is 0 Å². The highest BCUT2D eigenvalue weighted by Crippen LogP contribution is 2.21. The van der Waals surface area contributed by atoms with Crippen LogP contribution in [-0.4, -0.2) is 36.9 Å². The van der Waals surface area contributed by atoms with Crippen LogP contribution in [0.1, 0.15) is 30.6 Å². The molecule has 0 amide bonds. The van der Waals surface area contributed by atoms with Gasteiger partial charge in [0.15, 0.2) is 5.78 Å². The van der Waals surface area contributed by atoms with E-state index < -0.39 is 0 Å². The van der Waals surface area contributed by atoms with Gasteiger partial charge in [-0.15, -0.1) is 0 Å². The predicted molar refractivity (Wildman–Crippen MR) is 72.2 cm³/mol. The molecule has 18 heavy (non-hydrogen) atoms. The SMILES string of the molecule is CCOc1ccccc1C(=O)CN1CCC(C)C1. The Morgan fingerprint density at radius 3 is 2.89 bits per heavy atom. The summed E-state index contributed by atoms with van der Waals surface area (Å²) in [5.41, 5.74) is 0.707. The average molecular weight is 247 g/mol. The molecule has 0 spiro atoms. The molecule has 0 N–H and O–H groups in total. The monoisotopic (exact) mass is 247 g/mol. The summed E-state index contributed by atoms with van der Waals surface area (Å²) in [7, 11) is 0. The first kappa shape index (κ1) is 13.1. The summed E-state index contributed by atoms with van der Waals surface area (Å²) in [6.45, 7) is 7.33. The quantitative estimate of drug-likeness (QED) is 0.749. The van der Waals surface area contributed by atoms with Gasteiger partial charge in [-0.05, 0) is 37.9 Å². The van der Waals surface area contributed by atoms with Gasteiger partial charge < -0.3 is 4.74 Å². The van der Waals surface area contributed by atoms with Gasteiger partial charge in [-0.25, -0.2) is 0 Å². The van der Waals surface area contributed by atoms with E-state index in [9.17, 15) is 4.79 Å². The maximum absolute atomic E-state index is 12.3. The molecule has 1 unspecified atom stereocenters. The van der Waals surface area contributed by atoms with E-state index in [0.29, 0.717) is 30.4 Å². The number of rotatable bonds is 5. The molecule has 2 rings (SSSR count). The summed E-state index contributed by atoms with van der Waals surface area (Å²) in [6.07, 6.45) is 1.19. The van der Waals surface area contributed by atoms with Gasteiger partial charge in [0.05, 0.1) is 18.7 Å². The number of carbonyl (C=O) groups is 1. The van der Waals surface area contributed by atoms with E-state index in [4.69, 9.17) is 4.74 Å². The fraction of sp³-hybridized carbons (Fsp3) is 0.533. The van der Waals surface area contributed by atoms with Crippen LogP contribution in [0.4, 0.5) is 0 Å². The van der Waals surface area contributed by atoms with Crippen molar-refractivity contribution in [3.8, 4) is 5.75 Å². The number of carbonyl (C=O) groups excluding carboxylic acids is 1. The highest BCUT2D eigenvalue weighted by Gasteiger charge is 2.22. The Kier molecular flexibility index (Phi) is 4.37. The van der Waals surface area contributed by atoms with Crippen molar-refractivity contribution >= 4 is 5.78 Å². The number of likely N-dealkylation sites (tertiary alicyclic amines) is 1. The van der Waals surface area contributed by atoms with Crippen LogP contribution in [-0.2, 0) is 0 Å². The van der Waals surface area contributed by atoms with Crippen molar-refractivity contribution in [1.82, 2.24) is 4.90 Å². The lowest BCUT2D eigenvalue weighted by Gasteiger charge is -2.15. The lowest BCUT2D eigenvalue weighted by molar-refractivity contribution is 0.0940. The first-order valence-corrected chi connectivity index (χ1v) is 6.68. The van der Waals surface area contributed by atoms with Crippen LogP contribution in [0.3, 0.4) is 0 Å². The largest absolute Gasteiger partial charge is 0.493 e. The Hall–Kier alpha value is -1.35. The third kappa shape index (κ3) is 3.10. The molecule has 1 aliphatic heterocycles. The molecule has 1 aliphatic rings. The summed E-state index contributed by atoms with van der Waals surface area (Å²) in [6, 6.07) is 7.51. The zero-order chi connectivity index (χ0) is 13.0. The van der Waals surface area contributed by atoms with Gasteiger partial charge in [-0.2, -0.15) is 0 Å². The molecule has 1 fully saturated rings. The topological polar surface area (TPSA) is 29.5 Å². The number of Topliss-reactive ketones (excluding diaryl/α,β-unsaturated/α-hetero) is 1. The van der Waals surface area contributed by atoms with Crippen LogP contribution in [0.5, 0.6) is 5.75 Å². The number of ether oxygens (including phenoxy) is 1. The van der Waals surface area contributed by atoms with Gasteiger partial charge in [-0.3, -0.25) is 9.69 Å². The number of hydrogen-bond donors (Lipinski definition) is 0. The molecule has 1 heterocycles. The van der Waals surface area contributed by atoms with E-state index in [1.165, 1.54) is 6.42 Å². The zero-order valence-electron chi connectivity index (χ0n) is 11.2. The van der Waals surface area contributed by atoms with Crippen LogP contribution in [0, 0.1) is 5.92 Å². The van der Waals surface area contributed by atoms with Gasteiger partial charge in [-0.1, -0.05) is 19.1 Å². The van der Waals surface area contributed by atoms with E-state index in [1.807, 2.05) is 31.2 Å². The molecular formula is C15H21NO2. The Bertz CT molecular complexity index is 417. The molecule has 3 nitrogen and oxygen atoms in total. The predicted octanol–water partition coefficient (Wildman–Crippen LogP) is 2.61. The Labute approximate surface area is 109 Å². The van der Waals surface area contributed by atoms with Crippen molar-refractivity contribution in [3.63, 3.8) is 0 Å². The molecule has 0 aromatic heterocycles. The average Bonchev–Trinajstić information content (AvgIpc) is 2.76. The molecular weight excluding hydrogens is 226 g/mol. The van der Waals surface area contributed by atoms with Crippen LogP contribution in [0.15, 0.2) is 24.3 Å². The van der Waals surface area contributed by atoms with Crippen LogP contribution in [0.25, 0.3) is 0 Å². The third-order valence-corrected chi connectivity index (χ3v) is 3.36. The molecule has 0 radical (unpaired) electrons. The molecule has 3 heteroatoms. The molecule has 0 saturated carbocycles. The minimum absolute atomic E-state index is 0.160. The molecule has 1 aromatic carbocycles. The van der Waals surface area contributed by atoms with Gasteiger partial charge in [0.1, 0.15) is 5.75 Å². The van der Waals surface area contributed by atoms with Crippen molar-refractivity contribution < 1.29 is 9.53 Å². The maximum Gasteiger partial charge on any atom is 0.180 e. The highest BCUT2D eigenvalue weighted by molar-refractivity contribution is 6.00. The van der Waals surface area contributed by atoms with Crippen molar-refractivity contribution in [3.05, 3.63) is 29.8 Å². The van der Waals surface area contributed by atoms with Gasteiger partial charge in [0, 0.05) is 6.54 Å². The number of para-hydroxylation sites is 1. The summed E-state index contributed by atoms with van der Waals surface area (Å²) >= 11 is 0. The second-order valence-corrected chi connectivity index (χ2v) is 4.98. The van der Waals surface area contributed by atoms with Crippen molar-refractivity contribution in [2.75, 3.05) is 26.2 Å². The summed E-state index contributed by atoms with van der Waals surface area (Å²) in [5, 5.41) is 0. The summed E-state index contributed by atoms with van der Waals surface area (Å²) in [4.78, 5) is 14.5. The first-order valence-electron chi connectivity index (χ1n) is 6.68. The second-order valence-electron chi connectivity index (χ2n) is 4.98. The lowest BCUT2D eigenvalue weighted by atomic mass is 10.1. The Balaban J connectivity index is 2.04. The molecule has 1 aromatic rings. The van der Waals surface area contributed by atoms with E-state index in [2.05, 4.69) is 11.8 Å². The smallest absolute Gasteiger partial charge is 0.180 e. The van der Waals surface area contributed by atoms with Gasteiger partial charge >= 0.3 is 0 Å². The summed E-state index contributed by atoms with van der Waals surface area (Å²) in [5.74, 6) is 1.57. The van der Waals surface area contributed by atoms with Crippen molar-refractivity contribution in [1.29, 1.82) is 0 Å². The van der Waals surface area contributed by atoms with E-state index in [-0.39, 0.29) is 5.78 Å². The Morgan fingerprint density at radius 2 is 2.22 bits per heavy atom. The number of benzene rings is 1. The molecule has 0 bridgehead atoms. The summed E-state index contributed by atoms with van der Waals surface area (Å²) < 4.78 is 5.50. The lowest BCUT2D eigenvalue weighted by Crippen LogP contribution is -2.27. The minimum Gasteiger partial charge on any atom is -0.493 e. The van der Waals surface area contributed by atoms with Gasteiger partial charge in [0.25, 0.3) is 0 Å². The second kappa shape index (κ2) is 6.01. The fourth-order valence-corrected chi connectivity index (χ4v) is 2.44. The molecule has 1 saturated heterocycles. The first-order chi connectivity index (χ1) is 8.70. The molecule has 98 valence electrons. The number of hydrogen-bond acceptors (Lipinski definition) is 3. The van der Waals surface area contributed by atoms with Crippen molar-refractivity contribution in [2.45, 2.75) is 20.3 Å². The zero-order valence-corrected chi connectivity index (χ0v) is 11.2. The highest BCUT2D eigenvalue weighted by atomic mass is 16.5. The van der Waals surface area contributed by atoms with Crippen LogP contribution >= 0.6 is 0 Å². The normalized spacial score (nSPS) is 20.0. The molecule has 1 atom stereocenters. The number of ketones is 1. The maximum atomic E-state index is 12.3. The van der Waals surface area contributed by atoms with Crippen molar-refractivity contribution in [2.24, 2.45) is 5.92 Å². The standard InChI is InChI=1S/C15H21NO2/c1-3-18-15-7-5-4-6-13(15)14(17)11-16-9-8-12(2)10-16/h4-7,12H,3,8-11H2,1-2H3. The Morgan fingerprint density at radius 1 is 1.44 bits per heavy atom. The van der Waals surface area contributed by atoms with E-state index >= 15 is 0 Å². The van der Waals surface area contributed by atoms with Crippen LogP contribution < -0.4 is 4.74 Å². The molecule has 0 aliphatic carbocycles. The van der Waals surface area contributed by atoms with E-state index in [0.717, 1.165) is 13.1 Å². The number of nitrogens with zero attached hydrogens (tertiary/aromatic N) is 1. The fourth-order valence-electron chi connectivity index (χ4n) is 2.44. The van der Waals surface area contributed by atoms with Gasteiger partial charge in [0.2, 0.25) is 0 Å². The minimum atomic E-state index is 0.160. The van der Waals surface area contributed by atoms with Crippen LogP contribution in [0.2, 0.25) is 0 Å².